The van der Waals surface area contributed by atoms with Gasteiger partial charge in [-0.25, -0.2) is 18.5 Å². The average Bonchev–Trinajstić information content (AvgIpc) is 2.86. The van der Waals surface area contributed by atoms with E-state index in [4.69, 9.17) is 19.4 Å². The van der Waals surface area contributed by atoms with Crippen molar-refractivity contribution in [1.29, 1.82) is 0 Å². The van der Waals surface area contributed by atoms with Crippen LogP contribution in [0.2, 0.25) is 0 Å². The van der Waals surface area contributed by atoms with Crippen LogP contribution in [0.5, 0.6) is 0 Å². The van der Waals surface area contributed by atoms with Crippen molar-refractivity contribution in [2.24, 2.45) is 0 Å². The lowest BCUT2D eigenvalue weighted by Gasteiger charge is -2.19. The van der Waals surface area contributed by atoms with Crippen LogP contribution in [0.15, 0.2) is 17.1 Å². The fourth-order valence-corrected chi connectivity index (χ4v) is 5.48. The highest BCUT2D eigenvalue weighted by atomic mass is 31.3. The number of aliphatic hydroxyl groups excluding tert-OH is 2. The number of phosphoric acid groups is 3. The molecule has 0 aliphatic carbocycles. The molecular weight excluding hydrogens is 491 g/mol. The van der Waals surface area contributed by atoms with Crippen LogP contribution in [0, 0.1) is 0 Å². The van der Waals surface area contributed by atoms with Crippen LogP contribution in [0.25, 0.3) is 0 Å². The number of ether oxygens (including phenoxy) is 1. The maximum absolute atomic E-state index is 12.1. The van der Waals surface area contributed by atoms with E-state index in [9.17, 15) is 33.6 Å². The number of nitrogens with one attached hydrogen (secondary N) is 1. The Hall–Kier alpha value is -1.03. The van der Waals surface area contributed by atoms with Gasteiger partial charge in [0.1, 0.15) is 24.1 Å². The molecule has 178 valence electrons. The summed E-state index contributed by atoms with van der Waals surface area (Å²) >= 11 is 0. The second-order valence-corrected chi connectivity index (χ2v) is 10.4. The van der Waals surface area contributed by atoms with Gasteiger partial charge in [0, 0.05) is 12.7 Å². The molecule has 2 unspecified atom stereocenters. The summed E-state index contributed by atoms with van der Waals surface area (Å²) in [4.78, 5) is 51.3. The van der Waals surface area contributed by atoms with Crippen LogP contribution in [0.1, 0.15) is 13.2 Å². The van der Waals surface area contributed by atoms with Crippen LogP contribution >= 0.6 is 23.5 Å². The van der Waals surface area contributed by atoms with E-state index in [2.05, 4.69) is 23.4 Å². The standard InChI is InChI=1S/C11H20N3O14P3/c1-2-12-7-3-4-14(11(17)13-7)10-9(16)8(15)6(26-10)5-25-30(21,22)28-31(23,24)27-29(18,19)20/h3-4,6,8-10,15-16H,2,5H2,1H3,(H,21,22)(H,23,24)(H,12,13,17)(H2,18,19,20)/t6-,8-,9-,10-/m1/s1. The zero-order chi connectivity index (χ0) is 23.6. The number of aromatic nitrogens is 2. The summed E-state index contributed by atoms with van der Waals surface area (Å²) in [5.41, 5.74) is -0.844. The molecule has 31 heavy (non-hydrogen) atoms. The molecule has 0 aromatic carbocycles. The van der Waals surface area contributed by atoms with E-state index < -0.39 is 60.3 Å². The highest BCUT2D eigenvalue weighted by Gasteiger charge is 2.46. The van der Waals surface area contributed by atoms with E-state index in [-0.39, 0.29) is 5.82 Å². The molecule has 1 fully saturated rings. The molecule has 0 spiro atoms. The Morgan fingerprint density at radius 1 is 1.13 bits per heavy atom. The van der Waals surface area contributed by atoms with Gasteiger partial charge in [0.15, 0.2) is 6.23 Å². The van der Waals surface area contributed by atoms with Crippen LogP contribution in [-0.4, -0.2) is 70.8 Å². The molecule has 0 amide bonds. The minimum Gasteiger partial charge on any atom is -0.387 e. The minimum absolute atomic E-state index is 0.251. The number of aliphatic hydroxyl groups is 2. The molecule has 0 radical (unpaired) electrons. The van der Waals surface area contributed by atoms with Gasteiger partial charge in [-0.3, -0.25) is 9.09 Å². The molecule has 0 saturated carbocycles. The SMILES string of the molecule is CCNc1ccn([C@@H]2O[C@H](COP(=O)(O)OP(=O)(O)OP(=O)(O)O)[C@@H](O)[C@H]2O)c(=O)n1. The summed E-state index contributed by atoms with van der Waals surface area (Å²) in [7, 11) is -16.7. The van der Waals surface area contributed by atoms with Gasteiger partial charge in [-0.1, -0.05) is 0 Å². The molecule has 17 nitrogen and oxygen atoms in total. The number of hydrogen-bond acceptors (Lipinski definition) is 12. The second-order valence-electron chi connectivity index (χ2n) is 5.97. The van der Waals surface area contributed by atoms with Crippen molar-refractivity contribution in [3.63, 3.8) is 0 Å². The lowest BCUT2D eigenvalue weighted by molar-refractivity contribution is -0.0541. The summed E-state index contributed by atoms with van der Waals surface area (Å²) in [6, 6.07) is 1.40. The van der Waals surface area contributed by atoms with Crippen molar-refractivity contribution in [3.8, 4) is 0 Å². The molecule has 1 saturated heterocycles. The third kappa shape index (κ3) is 7.51. The predicted octanol–water partition coefficient (Wildman–Crippen LogP) is -1.36. The number of phosphoric ester groups is 1. The van der Waals surface area contributed by atoms with Crippen molar-refractivity contribution in [2.75, 3.05) is 18.5 Å². The molecular formula is C11H20N3O14P3. The summed E-state index contributed by atoms with van der Waals surface area (Å²) in [5.74, 6) is 0.251. The molecule has 7 N–H and O–H groups in total. The average molecular weight is 511 g/mol. The van der Waals surface area contributed by atoms with E-state index in [1.54, 1.807) is 6.92 Å². The smallest absolute Gasteiger partial charge is 0.387 e. The molecule has 1 aromatic heterocycles. The van der Waals surface area contributed by atoms with E-state index in [0.717, 1.165) is 4.57 Å². The Bertz CT molecular complexity index is 980. The first-order valence-electron chi connectivity index (χ1n) is 8.27. The fraction of sp³-hybridized carbons (Fsp3) is 0.636. The van der Waals surface area contributed by atoms with Crippen LogP contribution in [0.3, 0.4) is 0 Å². The Morgan fingerprint density at radius 2 is 1.77 bits per heavy atom. The summed E-state index contributed by atoms with van der Waals surface area (Å²) in [6.45, 7) is 1.26. The Balaban J connectivity index is 2.05. The molecule has 1 aromatic rings. The van der Waals surface area contributed by atoms with Gasteiger partial charge >= 0.3 is 29.2 Å². The topological polar surface area (TPSA) is 256 Å². The van der Waals surface area contributed by atoms with Gasteiger partial charge < -0.3 is 39.8 Å². The van der Waals surface area contributed by atoms with Crippen LogP contribution in [0.4, 0.5) is 5.82 Å². The summed E-state index contributed by atoms with van der Waals surface area (Å²) in [5, 5.41) is 23.0. The quantitative estimate of drug-likeness (QED) is 0.179. The van der Waals surface area contributed by atoms with Gasteiger partial charge in [0.2, 0.25) is 0 Å². The van der Waals surface area contributed by atoms with Crippen LogP contribution < -0.4 is 11.0 Å². The first kappa shape index (κ1) is 26.2. The van der Waals surface area contributed by atoms with Crippen molar-refractivity contribution < 1.29 is 61.4 Å². The first-order chi connectivity index (χ1) is 14.1. The zero-order valence-corrected chi connectivity index (χ0v) is 18.2. The van der Waals surface area contributed by atoms with E-state index in [0.29, 0.717) is 6.54 Å². The Morgan fingerprint density at radius 3 is 2.32 bits per heavy atom. The highest BCUT2D eigenvalue weighted by molar-refractivity contribution is 7.66. The fourth-order valence-electron chi connectivity index (χ4n) is 2.45. The Labute approximate surface area is 173 Å². The van der Waals surface area contributed by atoms with Gasteiger partial charge in [0.25, 0.3) is 0 Å². The van der Waals surface area contributed by atoms with Crippen molar-refractivity contribution in [3.05, 3.63) is 22.7 Å². The van der Waals surface area contributed by atoms with Crippen molar-refractivity contribution in [1.82, 2.24) is 9.55 Å². The third-order valence-corrected chi connectivity index (χ3v) is 7.42. The van der Waals surface area contributed by atoms with E-state index in [1.807, 2.05) is 0 Å². The lowest BCUT2D eigenvalue weighted by Crippen LogP contribution is -2.36. The van der Waals surface area contributed by atoms with Gasteiger partial charge in [-0.05, 0) is 13.0 Å². The molecule has 0 bridgehead atoms. The lowest BCUT2D eigenvalue weighted by atomic mass is 10.1. The predicted molar refractivity (Wildman–Crippen MR) is 98.4 cm³/mol. The Kier molecular flexibility index (Phi) is 8.33. The molecule has 1 aliphatic rings. The van der Waals surface area contributed by atoms with Gasteiger partial charge in [-0.2, -0.15) is 13.6 Å². The maximum atomic E-state index is 12.1. The summed E-state index contributed by atoms with van der Waals surface area (Å²) < 4.78 is 51.2. The highest BCUT2D eigenvalue weighted by Crippen LogP contribution is 2.66. The normalized spacial score (nSPS) is 28.1. The monoisotopic (exact) mass is 511 g/mol. The zero-order valence-electron chi connectivity index (χ0n) is 15.6. The van der Waals surface area contributed by atoms with Gasteiger partial charge in [-0.15, -0.1) is 0 Å². The van der Waals surface area contributed by atoms with E-state index in [1.165, 1.54) is 12.3 Å². The van der Waals surface area contributed by atoms with Gasteiger partial charge in [0.05, 0.1) is 6.61 Å². The largest absolute Gasteiger partial charge is 0.490 e. The molecule has 1 aliphatic heterocycles. The first-order valence-corrected chi connectivity index (χ1v) is 12.8. The second kappa shape index (κ2) is 9.85. The minimum atomic E-state index is -5.71. The molecule has 6 atom stereocenters. The third-order valence-electron chi connectivity index (χ3n) is 3.62. The van der Waals surface area contributed by atoms with Crippen LogP contribution in [-0.2, 0) is 31.6 Å². The summed E-state index contributed by atoms with van der Waals surface area (Å²) in [6.07, 6.45) is -5.19. The van der Waals surface area contributed by atoms with Crippen molar-refractivity contribution >= 4 is 29.3 Å². The number of nitrogens with zero attached hydrogens (tertiary/aromatic N) is 2. The van der Waals surface area contributed by atoms with E-state index >= 15 is 0 Å². The maximum Gasteiger partial charge on any atom is 0.490 e. The number of hydrogen-bond donors (Lipinski definition) is 7. The number of anilines is 1. The molecule has 2 heterocycles. The molecule has 20 heteroatoms. The molecule has 2 rings (SSSR count). The number of rotatable bonds is 10. The van der Waals surface area contributed by atoms with Crippen molar-refractivity contribution in [2.45, 2.75) is 31.5 Å².